The lowest BCUT2D eigenvalue weighted by Gasteiger charge is -2.08. The van der Waals surface area contributed by atoms with Gasteiger partial charge in [0.1, 0.15) is 0 Å². The zero-order valence-corrected chi connectivity index (χ0v) is 7.40. The van der Waals surface area contributed by atoms with Gasteiger partial charge in [-0.05, 0) is 6.92 Å². The van der Waals surface area contributed by atoms with Crippen molar-refractivity contribution in [2.45, 2.75) is 19.5 Å². The number of rotatable bonds is 4. The molecule has 4 heteroatoms. The minimum absolute atomic E-state index is 0.372. The Morgan fingerprint density at radius 3 is 3.18 bits per heavy atom. The predicted octanol–water partition coefficient (Wildman–Crippen LogP) is 0.580. The van der Waals surface area contributed by atoms with Crippen LogP contribution >= 0.6 is 11.3 Å². The molecule has 1 aromatic rings. The zero-order chi connectivity index (χ0) is 8.10. The Morgan fingerprint density at radius 2 is 2.64 bits per heavy atom. The predicted molar refractivity (Wildman–Crippen MR) is 47.5 cm³/mol. The molecule has 1 atom stereocenters. The van der Waals surface area contributed by atoms with Crippen molar-refractivity contribution in [1.82, 2.24) is 10.3 Å². The van der Waals surface area contributed by atoms with Crippen molar-refractivity contribution < 1.29 is 0 Å². The van der Waals surface area contributed by atoms with Gasteiger partial charge in [-0.25, -0.2) is 4.98 Å². The van der Waals surface area contributed by atoms with Crippen molar-refractivity contribution in [3.8, 4) is 0 Å². The summed E-state index contributed by atoms with van der Waals surface area (Å²) >= 11 is 1.62. The third kappa shape index (κ3) is 2.96. The van der Waals surface area contributed by atoms with E-state index in [4.69, 9.17) is 5.73 Å². The highest BCUT2D eigenvalue weighted by atomic mass is 32.1. The molecule has 1 rings (SSSR count). The average molecular weight is 171 g/mol. The molecule has 1 aromatic heterocycles. The third-order valence-corrected chi connectivity index (χ3v) is 2.10. The highest BCUT2D eigenvalue weighted by Crippen LogP contribution is 1.99. The molecular formula is C7H13N3S. The van der Waals surface area contributed by atoms with Crippen molar-refractivity contribution in [2.24, 2.45) is 5.73 Å². The standard InChI is InChI=1S/C7H13N3S/c1-6(2-8)9-3-7-4-11-5-10-7/h4-6,9H,2-3,8H2,1H3/t6-/m0/s1. The largest absolute Gasteiger partial charge is 0.329 e. The van der Waals surface area contributed by atoms with E-state index in [2.05, 4.69) is 17.2 Å². The fourth-order valence-electron chi connectivity index (χ4n) is 0.687. The molecule has 11 heavy (non-hydrogen) atoms. The summed E-state index contributed by atoms with van der Waals surface area (Å²) in [4.78, 5) is 4.14. The Bertz CT molecular complexity index is 186. The molecule has 62 valence electrons. The van der Waals surface area contributed by atoms with E-state index >= 15 is 0 Å². The van der Waals surface area contributed by atoms with Crippen LogP contribution in [-0.2, 0) is 6.54 Å². The van der Waals surface area contributed by atoms with Crippen LogP contribution in [0.3, 0.4) is 0 Å². The highest BCUT2D eigenvalue weighted by Gasteiger charge is 1.98. The van der Waals surface area contributed by atoms with Crippen LogP contribution in [0.1, 0.15) is 12.6 Å². The van der Waals surface area contributed by atoms with E-state index in [1.54, 1.807) is 11.3 Å². The topological polar surface area (TPSA) is 50.9 Å². The number of thiazole rings is 1. The molecule has 3 N–H and O–H groups in total. The van der Waals surface area contributed by atoms with Gasteiger partial charge in [-0.1, -0.05) is 0 Å². The molecule has 0 fully saturated rings. The molecule has 0 saturated carbocycles. The van der Waals surface area contributed by atoms with Crippen LogP contribution in [-0.4, -0.2) is 17.6 Å². The lowest BCUT2D eigenvalue weighted by atomic mass is 10.3. The van der Waals surface area contributed by atoms with Crippen LogP contribution < -0.4 is 11.1 Å². The summed E-state index contributed by atoms with van der Waals surface area (Å²) in [5, 5.41) is 5.29. The molecular weight excluding hydrogens is 158 g/mol. The molecule has 3 nitrogen and oxygen atoms in total. The van der Waals surface area contributed by atoms with Crippen molar-refractivity contribution in [3.63, 3.8) is 0 Å². The number of nitrogens with two attached hydrogens (primary N) is 1. The zero-order valence-electron chi connectivity index (χ0n) is 6.58. The van der Waals surface area contributed by atoms with Gasteiger partial charge in [0, 0.05) is 24.5 Å². The molecule has 0 radical (unpaired) electrons. The summed E-state index contributed by atoms with van der Waals surface area (Å²) in [6.07, 6.45) is 0. The molecule has 0 unspecified atom stereocenters. The first-order chi connectivity index (χ1) is 5.33. The van der Waals surface area contributed by atoms with Gasteiger partial charge < -0.3 is 11.1 Å². The van der Waals surface area contributed by atoms with Crippen molar-refractivity contribution in [1.29, 1.82) is 0 Å². The van der Waals surface area contributed by atoms with E-state index in [-0.39, 0.29) is 0 Å². The molecule has 0 bridgehead atoms. The Balaban J connectivity index is 2.23. The summed E-state index contributed by atoms with van der Waals surface area (Å²) in [5.74, 6) is 0. The lowest BCUT2D eigenvalue weighted by molar-refractivity contribution is 0.552. The number of nitrogens with one attached hydrogen (secondary N) is 1. The van der Waals surface area contributed by atoms with E-state index in [9.17, 15) is 0 Å². The van der Waals surface area contributed by atoms with Gasteiger partial charge in [0.15, 0.2) is 0 Å². The first-order valence-corrected chi connectivity index (χ1v) is 4.57. The molecule has 0 aromatic carbocycles. The van der Waals surface area contributed by atoms with Crippen molar-refractivity contribution in [2.75, 3.05) is 6.54 Å². The van der Waals surface area contributed by atoms with Crippen LogP contribution in [0.25, 0.3) is 0 Å². The normalized spacial score (nSPS) is 13.3. The number of hydrogen-bond donors (Lipinski definition) is 2. The van der Waals surface area contributed by atoms with Gasteiger partial charge in [0.2, 0.25) is 0 Å². The van der Waals surface area contributed by atoms with E-state index in [0.717, 1.165) is 12.2 Å². The van der Waals surface area contributed by atoms with Crippen LogP contribution in [0.15, 0.2) is 10.9 Å². The molecule has 0 spiro atoms. The van der Waals surface area contributed by atoms with Gasteiger partial charge in [0.25, 0.3) is 0 Å². The summed E-state index contributed by atoms with van der Waals surface area (Å²) in [7, 11) is 0. The summed E-state index contributed by atoms with van der Waals surface area (Å²) in [5.41, 5.74) is 8.36. The van der Waals surface area contributed by atoms with Gasteiger partial charge in [-0.3, -0.25) is 0 Å². The second kappa shape index (κ2) is 4.43. The summed E-state index contributed by atoms with van der Waals surface area (Å²) in [6.45, 7) is 3.55. The fraction of sp³-hybridized carbons (Fsp3) is 0.571. The fourth-order valence-corrected chi connectivity index (χ4v) is 1.25. The van der Waals surface area contributed by atoms with E-state index < -0.39 is 0 Å². The smallest absolute Gasteiger partial charge is 0.0795 e. The van der Waals surface area contributed by atoms with Crippen LogP contribution in [0, 0.1) is 0 Å². The van der Waals surface area contributed by atoms with E-state index in [1.807, 2.05) is 10.9 Å². The number of nitrogens with zero attached hydrogens (tertiary/aromatic N) is 1. The average Bonchev–Trinajstić information content (AvgIpc) is 2.52. The molecule has 0 aliphatic heterocycles. The summed E-state index contributed by atoms with van der Waals surface area (Å²) in [6, 6.07) is 0.372. The Labute approximate surface area is 70.6 Å². The number of hydrogen-bond acceptors (Lipinski definition) is 4. The maximum Gasteiger partial charge on any atom is 0.0795 e. The molecule has 1 heterocycles. The molecule has 0 aliphatic rings. The Hall–Kier alpha value is -0.450. The maximum atomic E-state index is 5.43. The highest BCUT2D eigenvalue weighted by molar-refractivity contribution is 7.07. The monoisotopic (exact) mass is 171 g/mol. The minimum atomic E-state index is 0.372. The maximum absolute atomic E-state index is 5.43. The molecule has 0 amide bonds. The van der Waals surface area contributed by atoms with Crippen LogP contribution in [0.2, 0.25) is 0 Å². The first-order valence-electron chi connectivity index (χ1n) is 3.63. The second-order valence-corrected chi connectivity index (χ2v) is 3.22. The third-order valence-electron chi connectivity index (χ3n) is 1.47. The van der Waals surface area contributed by atoms with Crippen molar-refractivity contribution >= 4 is 11.3 Å². The van der Waals surface area contributed by atoms with Gasteiger partial charge in [-0.2, -0.15) is 0 Å². The first kappa shape index (κ1) is 8.64. The quantitative estimate of drug-likeness (QED) is 0.696. The Kier molecular flexibility index (Phi) is 3.48. The Morgan fingerprint density at radius 1 is 1.82 bits per heavy atom. The van der Waals surface area contributed by atoms with Crippen molar-refractivity contribution in [3.05, 3.63) is 16.6 Å². The minimum Gasteiger partial charge on any atom is -0.329 e. The van der Waals surface area contributed by atoms with E-state index in [1.165, 1.54) is 0 Å². The second-order valence-electron chi connectivity index (χ2n) is 2.50. The number of aromatic nitrogens is 1. The SMILES string of the molecule is C[C@@H](CN)NCc1cscn1. The summed E-state index contributed by atoms with van der Waals surface area (Å²) < 4.78 is 0. The van der Waals surface area contributed by atoms with E-state index in [0.29, 0.717) is 12.6 Å². The van der Waals surface area contributed by atoms with Gasteiger partial charge in [0.05, 0.1) is 11.2 Å². The molecule has 0 saturated heterocycles. The van der Waals surface area contributed by atoms with Crippen LogP contribution in [0.4, 0.5) is 0 Å². The van der Waals surface area contributed by atoms with Gasteiger partial charge >= 0.3 is 0 Å². The van der Waals surface area contributed by atoms with Crippen LogP contribution in [0.5, 0.6) is 0 Å². The molecule has 0 aliphatic carbocycles. The van der Waals surface area contributed by atoms with Gasteiger partial charge in [-0.15, -0.1) is 11.3 Å². The lowest BCUT2D eigenvalue weighted by Crippen LogP contribution is -2.32.